The number of nitrogens with zero attached hydrogens (tertiary/aromatic N) is 2. The summed E-state index contributed by atoms with van der Waals surface area (Å²) in [6, 6.07) is 15.7. The van der Waals surface area contributed by atoms with Gasteiger partial charge in [-0.05, 0) is 50.8 Å². The fourth-order valence-electron chi connectivity index (χ4n) is 4.22. The minimum absolute atomic E-state index is 0.135. The molecule has 0 spiro atoms. The Hall–Kier alpha value is -2.71. The Bertz CT molecular complexity index is 1060. The zero-order valence-electron chi connectivity index (χ0n) is 20.2. The fourth-order valence-corrected chi connectivity index (χ4v) is 5.34. The summed E-state index contributed by atoms with van der Waals surface area (Å²) in [5.41, 5.74) is 2.00. The molecule has 2 aromatic carbocycles. The summed E-state index contributed by atoms with van der Waals surface area (Å²) in [5, 5.41) is 3.06. The van der Waals surface area contributed by atoms with Crippen molar-refractivity contribution in [2.45, 2.75) is 62.9 Å². The molecule has 0 bridgehead atoms. The van der Waals surface area contributed by atoms with E-state index in [-0.39, 0.29) is 23.4 Å². The summed E-state index contributed by atoms with van der Waals surface area (Å²) >= 11 is 0. The smallest absolute Gasteiger partial charge is 0.243 e. The van der Waals surface area contributed by atoms with Gasteiger partial charge in [0.1, 0.15) is 6.04 Å². The van der Waals surface area contributed by atoms with Crippen LogP contribution in [-0.4, -0.2) is 61.7 Å². The van der Waals surface area contributed by atoms with E-state index in [1.165, 1.54) is 24.1 Å². The van der Waals surface area contributed by atoms with E-state index in [2.05, 4.69) is 5.32 Å². The molecule has 34 heavy (non-hydrogen) atoms. The van der Waals surface area contributed by atoms with E-state index in [1.807, 2.05) is 37.3 Å². The molecule has 1 atom stereocenters. The Morgan fingerprint density at radius 3 is 2.26 bits per heavy atom. The average Bonchev–Trinajstić information content (AvgIpc) is 3.33. The zero-order valence-corrected chi connectivity index (χ0v) is 21.1. The summed E-state index contributed by atoms with van der Waals surface area (Å²) in [6.07, 6.45) is 4.67. The number of likely N-dealkylation sites (N-methyl/N-ethyl adjacent to an activating group) is 1. The monoisotopic (exact) mass is 485 g/mol. The molecule has 3 rings (SSSR count). The molecule has 0 saturated heterocycles. The summed E-state index contributed by atoms with van der Waals surface area (Å²) in [6.45, 7) is 3.57. The third-order valence-corrected chi connectivity index (χ3v) is 8.26. The van der Waals surface area contributed by atoms with Gasteiger partial charge in [-0.3, -0.25) is 9.59 Å². The number of sulfonamides is 1. The highest BCUT2D eigenvalue weighted by molar-refractivity contribution is 7.89. The standard InChI is InChI=1S/C26H35N3O4S/c1-20-13-15-24(16-14-20)34(32,33)28(3)19-25(30)29(18-17-22-9-5-4-6-10-22)21(2)26(31)27-23-11-7-8-12-23/h4-6,9-10,13-16,21,23H,7-8,11-12,17-19H2,1-3H3,(H,27,31)/t21-/m1/s1. The Morgan fingerprint density at radius 1 is 1.03 bits per heavy atom. The van der Waals surface area contributed by atoms with Crippen molar-refractivity contribution in [2.75, 3.05) is 20.1 Å². The maximum atomic E-state index is 13.3. The second kappa shape index (κ2) is 11.6. The molecule has 0 aliphatic heterocycles. The Labute approximate surface area is 203 Å². The number of aryl methyl sites for hydroxylation is 1. The largest absolute Gasteiger partial charge is 0.352 e. The lowest BCUT2D eigenvalue weighted by atomic mass is 10.1. The third kappa shape index (κ3) is 6.67. The van der Waals surface area contributed by atoms with Gasteiger partial charge >= 0.3 is 0 Å². The van der Waals surface area contributed by atoms with Crippen LogP contribution in [0.25, 0.3) is 0 Å². The van der Waals surface area contributed by atoms with Crippen LogP contribution in [0.4, 0.5) is 0 Å². The molecular formula is C26H35N3O4S. The van der Waals surface area contributed by atoms with Gasteiger partial charge in [0.25, 0.3) is 0 Å². The lowest BCUT2D eigenvalue weighted by Gasteiger charge is -2.31. The van der Waals surface area contributed by atoms with Crippen LogP contribution in [0.2, 0.25) is 0 Å². The average molecular weight is 486 g/mol. The van der Waals surface area contributed by atoms with Gasteiger partial charge in [-0.2, -0.15) is 4.31 Å². The van der Waals surface area contributed by atoms with Crippen LogP contribution >= 0.6 is 0 Å². The first kappa shape index (κ1) is 25.9. The molecule has 0 radical (unpaired) electrons. The number of amides is 2. The van der Waals surface area contributed by atoms with E-state index in [1.54, 1.807) is 19.1 Å². The summed E-state index contributed by atoms with van der Waals surface area (Å²) in [5.74, 6) is -0.597. The van der Waals surface area contributed by atoms with Crippen LogP contribution in [0, 0.1) is 6.92 Å². The quantitative estimate of drug-likeness (QED) is 0.560. The molecule has 2 amide bonds. The Balaban J connectivity index is 1.74. The van der Waals surface area contributed by atoms with Crippen LogP contribution in [0.15, 0.2) is 59.5 Å². The molecule has 0 unspecified atom stereocenters. The van der Waals surface area contributed by atoms with Gasteiger partial charge in [0.05, 0.1) is 11.4 Å². The van der Waals surface area contributed by atoms with Gasteiger partial charge in [0.2, 0.25) is 21.8 Å². The minimum Gasteiger partial charge on any atom is -0.352 e. The van der Waals surface area contributed by atoms with E-state index in [4.69, 9.17) is 0 Å². The second-order valence-corrected chi connectivity index (χ2v) is 11.1. The molecule has 184 valence electrons. The molecule has 1 saturated carbocycles. The number of hydrogen-bond donors (Lipinski definition) is 1. The molecule has 1 aliphatic carbocycles. The van der Waals surface area contributed by atoms with E-state index < -0.39 is 22.0 Å². The van der Waals surface area contributed by atoms with Crippen molar-refractivity contribution in [3.63, 3.8) is 0 Å². The first-order chi connectivity index (χ1) is 16.2. The predicted molar refractivity (Wildman–Crippen MR) is 133 cm³/mol. The van der Waals surface area contributed by atoms with Gasteiger partial charge in [0, 0.05) is 19.6 Å². The van der Waals surface area contributed by atoms with Crippen molar-refractivity contribution in [1.82, 2.24) is 14.5 Å². The topological polar surface area (TPSA) is 86.8 Å². The number of hydrogen-bond acceptors (Lipinski definition) is 4. The number of rotatable bonds is 10. The maximum absolute atomic E-state index is 13.3. The van der Waals surface area contributed by atoms with Crippen LogP contribution in [0.5, 0.6) is 0 Å². The molecule has 8 heteroatoms. The molecule has 2 aromatic rings. The minimum atomic E-state index is -3.83. The molecule has 1 fully saturated rings. The van der Waals surface area contributed by atoms with Gasteiger partial charge in [0.15, 0.2) is 0 Å². The van der Waals surface area contributed by atoms with Gasteiger partial charge in [-0.15, -0.1) is 0 Å². The van der Waals surface area contributed by atoms with E-state index in [0.29, 0.717) is 13.0 Å². The number of carbonyl (C=O) groups is 2. The van der Waals surface area contributed by atoms with Crippen molar-refractivity contribution in [1.29, 1.82) is 0 Å². The summed E-state index contributed by atoms with van der Waals surface area (Å²) < 4.78 is 27.0. The van der Waals surface area contributed by atoms with Crippen LogP contribution in [0.1, 0.15) is 43.7 Å². The van der Waals surface area contributed by atoms with Crippen LogP contribution in [0.3, 0.4) is 0 Å². The van der Waals surface area contributed by atoms with Crippen molar-refractivity contribution in [3.8, 4) is 0 Å². The summed E-state index contributed by atoms with van der Waals surface area (Å²) in [7, 11) is -2.44. The third-order valence-electron chi connectivity index (χ3n) is 6.44. The fraction of sp³-hybridized carbons (Fsp3) is 0.462. The van der Waals surface area contributed by atoms with Crippen LogP contribution < -0.4 is 5.32 Å². The van der Waals surface area contributed by atoms with Gasteiger partial charge in [-0.1, -0.05) is 60.9 Å². The number of carbonyl (C=O) groups excluding carboxylic acids is 2. The first-order valence-electron chi connectivity index (χ1n) is 11.9. The highest BCUT2D eigenvalue weighted by Gasteiger charge is 2.31. The van der Waals surface area contributed by atoms with Crippen molar-refractivity contribution >= 4 is 21.8 Å². The van der Waals surface area contributed by atoms with E-state index >= 15 is 0 Å². The van der Waals surface area contributed by atoms with Crippen molar-refractivity contribution in [3.05, 3.63) is 65.7 Å². The zero-order chi connectivity index (χ0) is 24.7. The van der Waals surface area contributed by atoms with Gasteiger partial charge in [-0.25, -0.2) is 8.42 Å². The summed E-state index contributed by atoms with van der Waals surface area (Å²) in [4.78, 5) is 27.9. The first-order valence-corrected chi connectivity index (χ1v) is 13.3. The number of benzene rings is 2. The van der Waals surface area contributed by atoms with Crippen LogP contribution in [-0.2, 0) is 26.0 Å². The highest BCUT2D eigenvalue weighted by atomic mass is 32.2. The van der Waals surface area contributed by atoms with Gasteiger partial charge < -0.3 is 10.2 Å². The van der Waals surface area contributed by atoms with E-state index in [0.717, 1.165) is 41.1 Å². The molecule has 1 N–H and O–H groups in total. The normalized spacial score (nSPS) is 15.3. The lowest BCUT2D eigenvalue weighted by molar-refractivity contribution is -0.140. The number of nitrogens with one attached hydrogen (secondary N) is 1. The Morgan fingerprint density at radius 2 is 1.65 bits per heavy atom. The second-order valence-electron chi connectivity index (χ2n) is 9.06. The SMILES string of the molecule is Cc1ccc(S(=O)(=O)N(C)CC(=O)N(CCc2ccccc2)[C@H](C)C(=O)NC2CCCC2)cc1. The molecular weight excluding hydrogens is 450 g/mol. The van der Waals surface area contributed by atoms with E-state index in [9.17, 15) is 18.0 Å². The molecule has 0 aromatic heterocycles. The molecule has 7 nitrogen and oxygen atoms in total. The predicted octanol–water partition coefficient (Wildman–Crippen LogP) is 3.13. The Kier molecular flexibility index (Phi) is 8.85. The molecule has 1 aliphatic rings. The van der Waals surface area contributed by atoms with Crippen molar-refractivity contribution in [2.24, 2.45) is 0 Å². The highest BCUT2D eigenvalue weighted by Crippen LogP contribution is 2.19. The van der Waals surface area contributed by atoms with Crippen molar-refractivity contribution < 1.29 is 18.0 Å². The molecule has 0 heterocycles. The maximum Gasteiger partial charge on any atom is 0.243 e. The lowest BCUT2D eigenvalue weighted by Crippen LogP contribution is -2.53.